The van der Waals surface area contributed by atoms with E-state index in [1.165, 1.54) is 6.07 Å². The Morgan fingerprint density at radius 3 is 2.60 bits per heavy atom. The number of aliphatic hydroxyl groups is 2. The second-order valence-corrected chi connectivity index (χ2v) is 5.35. The number of alkyl carbamates (subject to hydrolysis) is 1. The molecule has 0 fully saturated rings. The van der Waals surface area contributed by atoms with E-state index in [1.807, 2.05) is 6.07 Å². The van der Waals surface area contributed by atoms with Crippen LogP contribution in [0.4, 0.5) is 9.18 Å². The van der Waals surface area contributed by atoms with E-state index >= 15 is 0 Å². The van der Waals surface area contributed by atoms with Gasteiger partial charge in [-0.25, -0.2) is 9.18 Å². The number of hydrogen-bond acceptors (Lipinski definition) is 5. The molecule has 2 rings (SSSR count). The van der Waals surface area contributed by atoms with Crippen LogP contribution in [0.3, 0.4) is 0 Å². The van der Waals surface area contributed by atoms with Crippen LogP contribution in [-0.4, -0.2) is 35.2 Å². The van der Waals surface area contributed by atoms with Crippen molar-refractivity contribution in [3.8, 4) is 0 Å². The Balaban J connectivity index is 1.87. The largest absolute Gasteiger partial charge is 0.445 e. The third-order valence-corrected chi connectivity index (χ3v) is 3.53. The lowest BCUT2D eigenvalue weighted by Crippen LogP contribution is -2.36. The van der Waals surface area contributed by atoms with E-state index in [9.17, 15) is 24.2 Å². The summed E-state index contributed by atoms with van der Waals surface area (Å²) in [5, 5.41) is 22.3. The molecule has 0 bridgehead atoms. The smallest absolute Gasteiger partial charge is 0.407 e. The summed E-state index contributed by atoms with van der Waals surface area (Å²) in [4.78, 5) is 22.6. The molecule has 0 aliphatic rings. The van der Waals surface area contributed by atoms with Crippen molar-refractivity contribution in [1.82, 2.24) is 5.32 Å². The van der Waals surface area contributed by atoms with E-state index in [-0.39, 0.29) is 24.3 Å². The third kappa shape index (κ3) is 5.37. The maximum atomic E-state index is 13.3. The van der Waals surface area contributed by atoms with E-state index < -0.39 is 24.1 Å². The number of rotatable bonds is 7. The van der Waals surface area contributed by atoms with Gasteiger partial charge in [0.15, 0.2) is 0 Å². The Bertz CT molecular complexity index is 723. The topological polar surface area (TPSA) is 95.9 Å². The number of hydrogen-bond donors (Lipinski definition) is 3. The zero-order valence-electron chi connectivity index (χ0n) is 13.3. The van der Waals surface area contributed by atoms with Crippen molar-refractivity contribution in [3.63, 3.8) is 0 Å². The lowest BCUT2D eigenvalue weighted by Gasteiger charge is -2.20. The molecule has 0 heterocycles. The summed E-state index contributed by atoms with van der Waals surface area (Å²) in [6.07, 6.45) is -3.30. The molecule has 0 aliphatic heterocycles. The van der Waals surface area contributed by atoms with Gasteiger partial charge in [0, 0.05) is 12.1 Å². The van der Waals surface area contributed by atoms with Gasteiger partial charge in [-0.3, -0.25) is 4.79 Å². The predicted octanol–water partition coefficient (Wildman–Crippen LogP) is 1.96. The number of carbonyl (C=O) groups excluding carboxylic acids is 2. The number of halogens is 1. The van der Waals surface area contributed by atoms with Gasteiger partial charge in [-0.15, -0.1) is 0 Å². The second kappa shape index (κ2) is 8.91. The molecule has 2 atom stereocenters. The monoisotopic (exact) mass is 347 g/mol. The first-order chi connectivity index (χ1) is 12.0. The van der Waals surface area contributed by atoms with Crippen molar-refractivity contribution < 1.29 is 28.9 Å². The molecule has 0 spiro atoms. The normalized spacial score (nSPS) is 12.9. The van der Waals surface area contributed by atoms with Gasteiger partial charge < -0.3 is 20.3 Å². The summed E-state index contributed by atoms with van der Waals surface area (Å²) in [6, 6.07) is 12.3. The van der Waals surface area contributed by atoms with Gasteiger partial charge in [-0.05, 0) is 29.3 Å². The predicted molar refractivity (Wildman–Crippen MR) is 87.4 cm³/mol. The highest BCUT2D eigenvalue weighted by molar-refractivity contribution is 5.77. The van der Waals surface area contributed by atoms with E-state index in [0.29, 0.717) is 6.29 Å². The maximum absolute atomic E-state index is 13.3. The molecule has 0 aromatic heterocycles. The van der Waals surface area contributed by atoms with E-state index in [2.05, 4.69) is 5.32 Å². The lowest BCUT2D eigenvalue weighted by atomic mass is 9.99. The highest BCUT2D eigenvalue weighted by Crippen LogP contribution is 2.21. The molecule has 0 radical (unpaired) electrons. The molecule has 7 heteroatoms. The minimum absolute atomic E-state index is 0.0537. The number of ether oxygens (including phenoxy) is 1. The fourth-order valence-electron chi connectivity index (χ4n) is 2.19. The fraction of sp³-hybridized carbons (Fsp3) is 0.222. The molecule has 25 heavy (non-hydrogen) atoms. The molecule has 132 valence electrons. The standard InChI is InChI=1S/C18H18FNO5/c19-14-7-6-13(10-21)15(8-14)17(23)16(22)9-20-18(24)25-11-12-4-2-1-3-5-12/h1-8,10,16-17,22-23H,9,11H2,(H,20,24). The number of amides is 1. The maximum Gasteiger partial charge on any atom is 0.407 e. The average molecular weight is 347 g/mol. The minimum Gasteiger partial charge on any atom is -0.445 e. The molecule has 2 aromatic carbocycles. The van der Waals surface area contributed by atoms with Crippen molar-refractivity contribution in [1.29, 1.82) is 0 Å². The van der Waals surface area contributed by atoms with Crippen LogP contribution in [0.15, 0.2) is 48.5 Å². The third-order valence-electron chi connectivity index (χ3n) is 3.53. The molecule has 1 amide bonds. The molecule has 0 saturated heterocycles. The Labute approximate surface area is 143 Å². The average Bonchev–Trinajstić information content (AvgIpc) is 2.64. The quantitative estimate of drug-likeness (QED) is 0.666. The Morgan fingerprint density at radius 2 is 1.92 bits per heavy atom. The van der Waals surface area contributed by atoms with Gasteiger partial charge >= 0.3 is 6.09 Å². The number of aldehydes is 1. The van der Waals surface area contributed by atoms with E-state index in [0.717, 1.165) is 17.7 Å². The summed E-state index contributed by atoms with van der Waals surface area (Å²) < 4.78 is 18.3. The number of benzene rings is 2. The Hall–Kier alpha value is -2.77. The summed E-state index contributed by atoms with van der Waals surface area (Å²) in [6.45, 7) is -0.270. The fourth-order valence-corrected chi connectivity index (χ4v) is 2.19. The molecule has 0 aliphatic carbocycles. The van der Waals surface area contributed by atoms with E-state index in [4.69, 9.17) is 4.74 Å². The van der Waals surface area contributed by atoms with Gasteiger partial charge in [0.25, 0.3) is 0 Å². The molecule has 2 aromatic rings. The van der Waals surface area contributed by atoms with Gasteiger partial charge in [-0.1, -0.05) is 30.3 Å². The van der Waals surface area contributed by atoms with Gasteiger partial charge in [0.05, 0.1) is 0 Å². The van der Waals surface area contributed by atoms with Gasteiger partial charge in [-0.2, -0.15) is 0 Å². The molecular formula is C18H18FNO5. The zero-order chi connectivity index (χ0) is 18.2. The first-order valence-electron chi connectivity index (χ1n) is 7.56. The van der Waals surface area contributed by atoms with Crippen molar-refractivity contribution in [2.24, 2.45) is 0 Å². The van der Waals surface area contributed by atoms with Crippen LogP contribution in [0, 0.1) is 5.82 Å². The lowest BCUT2D eigenvalue weighted by molar-refractivity contribution is 0.0179. The Kier molecular flexibility index (Phi) is 6.62. The number of aliphatic hydroxyl groups excluding tert-OH is 2. The zero-order valence-corrected chi connectivity index (χ0v) is 13.3. The van der Waals surface area contributed by atoms with Crippen LogP contribution >= 0.6 is 0 Å². The van der Waals surface area contributed by atoms with Crippen LogP contribution in [0.25, 0.3) is 0 Å². The second-order valence-electron chi connectivity index (χ2n) is 5.35. The van der Waals surface area contributed by atoms with Crippen LogP contribution in [-0.2, 0) is 11.3 Å². The summed E-state index contributed by atoms with van der Waals surface area (Å²) >= 11 is 0. The van der Waals surface area contributed by atoms with Crippen LogP contribution < -0.4 is 5.32 Å². The van der Waals surface area contributed by atoms with Crippen molar-refractivity contribution in [2.45, 2.75) is 18.8 Å². The molecule has 0 saturated carbocycles. The SMILES string of the molecule is O=Cc1ccc(F)cc1C(O)C(O)CNC(=O)OCc1ccccc1. The first kappa shape index (κ1) is 18.6. The Morgan fingerprint density at radius 1 is 1.20 bits per heavy atom. The van der Waals surface area contributed by atoms with Crippen LogP contribution in [0.2, 0.25) is 0 Å². The molecule has 6 nitrogen and oxygen atoms in total. The molecule has 3 N–H and O–H groups in total. The first-order valence-corrected chi connectivity index (χ1v) is 7.56. The van der Waals surface area contributed by atoms with Crippen LogP contribution in [0.5, 0.6) is 0 Å². The van der Waals surface area contributed by atoms with Gasteiger partial charge in [0.1, 0.15) is 30.9 Å². The summed E-state index contributed by atoms with van der Waals surface area (Å²) in [5.41, 5.74) is 0.801. The highest BCUT2D eigenvalue weighted by atomic mass is 19.1. The van der Waals surface area contributed by atoms with E-state index in [1.54, 1.807) is 24.3 Å². The highest BCUT2D eigenvalue weighted by Gasteiger charge is 2.22. The molecule has 2 unspecified atom stereocenters. The summed E-state index contributed by atoms with van der Waals surface area (Å²) in [5.74, 6) is -0.651. The van der Waals surface area contributed by atoms with Gasteiger partial charge in [0.2, 0.25) is 0 Å². The summed E-state index contributed by atoms with van der Waals surface area (Å²) in [7, 11) is 0. The van der Waals surface area contributed by atoms with Crippen molar-refractivity contribution in [3.05, 3.63) is 71.0 Å². The minimum atomic E-state index is -1.54. The van der Waals surface area contributed by atoms with Crippen molar-refractivity contribution >= 4 is 12.4 Å². The van der Waals surface area contributed by atoms with Crippen molar-refractivity contribution in [2.75, 3.05) is 6.54 Å². The molecular weight excluding hydrogens is 329 g/mol. The van der Waals surface area contributed by atoms with Crippen LogP contribution in [0.1, 0.15) is 27.6 Å². The number of carbonyl (C=O) groups is 2. The number of nitrogens with one attached hydrogen (secondary N) is 1.